The van der Waals surface area contributed by atoms with Crippen LogP contribution in [-0.2, 0) is 0 Å². The number of benzene rings is 4. The van der Waals surface area contributed by atoms with E-state index < -0.39 is 0 Å². The largest absolute Gasteiger partial charge is 0.508 e. The summed E-state index contributed by atoms with van der Waals surface area (Å²) in [4.78, 5) is 0. The summed E-state index contributed by atoms with van der Waals surface area (Å²) in [6, 6.07) is 22.9. The van der Waals surface area contributed by atoms with Crippen molar-refractivity contribution in [3.05, 3.63) is 72.8 Å². The van der Waals surface area contributed by atoms with Gasteiger partial charge in [0.15, 0.2) is 0 Å². The molecule has 0 heterocycles. The number of rotatable bonds is 1. The van der Waals surface area contributed by atoms with Gasteiger partial charge in [-0.1, -0.05) is 48.5 Å². The van der Waals surface area contributed by atoms with Crippen molar-refractivity contribution in [2.45, 2.75) is 0 Å². The van der Waals surface area contributed by atoms with Crippen LogP contribution in [0.15, 0.2) is 72.8 Å². The maximum Gasteiger partial charge on any atom is 0.116 e. The second-order valence-corrected chi connectivity index (χ2v) is 5.42. The lowest BCUT2D eigenvalue weighted by Gasteiger charge is -2.11. The Morgan fingerprint density at radius 1 is 0.500 bits per heavy atom. The predicted molar refractivity (Wildman–Crippen MR) is 90.2 cm³/mol. The Hall–Kier alpha value is -3.00. The molecule has 0 aliphatic carbocycles. The van der Waals surface area contributed by atoms with E-state index in [-0.39, 0.29) is 11.5 Å². The maximum absolute atomic E-state index is 9.82. The Balaban J connectivity index is 2.11. The number of hydrogen-bond acceptors (Lipinski definition) is 2. The van der Waals surface area contributed by atoms with Gasteiger partial charge >= 0.3 is 0 Å². The van der Waals surface area contributed by atoms with Crippen molar-refractivity contribution < 1.29 is 10.2 Å². The van der Waals surface area contributed by atoms with Crippen LogP contribution in [0.3, 0.4) is 0 Å². The maximum atomic E-state index is 9.82. The quantitative estimate of drug-likeness (QED) is 0.513. The average Bonchev–Trinajstić information content (AvgIpc) is 2.54. The predicted octanol–water partition coefficient (Wildman–Crippen LogP) is 5.07. The number of fused-ring (bicyclic) bond motifs is 2. The van der Waals surface area contributed by atoms with E-state index in [9.17, 15) is 10.2 Å². The van der Waals surface area contributed by atoms with E-state index >= 15 is 0 Å². The first-order valence-corrected chi connectivity index (χ1v) is 7.16. The summed E-state index contributed by atoms with van der Waals surface area (Å²) in [5, 5.41) is 23.8. The highest BCUT2D eigenvalue weighted by Gasteiger charge is 2.08. The molecule has 4 aromatic carbocycles. The lowest BCUT2D eigenvalue weighted by molar-refractivity contribution is 0.475. The van der Waals surface area contributed by atoms with E-state index in [0.29, 0.717) is 0 Å². The van der Waals surface area contributed by atoms with Crippen molar-refractivity contribution in [1.82, 2.24) is 0 Å². The zero-order valence-electron chi connectivity index (χ0n) is 11.8. The van der Waals surface area contributed by atoms with Crippen molar-refractivity contribution in [2.75, 3.05) is 0 Å². The van der Waals surface area contributed by atoms with Crippen molar-refractivity contribution in [1.29, 1.82) is 0 Å². The molecule has 2 nitrogen and oxygen atoms in total. The Morgan fingerprint density at radius 3 is 1.41 bits per heavy atom. The molecule has 22 heavy (non-hydrogen) atoms. The number of aromatic hydroxyl groups is 2. The van der Waals surface area contributed by atoms with Gasteiger partial charge in [0, 0.05) is 0 Å². The lowest BCUT2D eigenvalue weighted by atomic mass is 9.94. The summed E-state index contributed by atoms with van der Waals surface area (Å²) in [7, 11) is 0. The molecule has 0 spiro atoms. The molecule has 0 aromatic heterocycles. The standard InChI is InChI=1S/C20H14O2/c21-15-9-7-13-3-1-5-17(19(13)11-15)18-6-2-4-14-8-10-16(22)12-20(14)18/h1-12,21-22H. The van der Waals surface area contributed by atoms with Gasteiger partial charge in [0.25, 0.3) is 0 Å². The van der Waals surface area contributed by atoms with Crippen molar-refractivity contribution in [3.63, 3.8) is 0 Å². The molecule has 2 heteroatoms. The molecule has 2 N–H and O–H groups in total. The molecule has 0 unspecified atom stereocenters. The van der Waals surface area contributed by atoms with Crippen LogP contribution in [0.25, 0.3) is 32.7 Å². The van der Waals surface area contributed by atoms with E-state index in [0.717, 1.165) is 32.7 Å². The molecule has 4 aromatic rings. The number of phenolic OH excluding ortho intramolecular Hbond substituents is 2. The van der Waals surface area contributed by atoms with Gasteiger partial charge in [0.1, 0.15) is 11.5 Å². The Morgan fingerprint density at radius 2 is 0.955 bits per heavy atom. The fraction of sp³-hybridized carbons (Fsp3) is 0. The van der Waals surface area contributed by atoms with Gasteiger partial charge in [-0.2, -0.15) is 0 Å². The second kappa shape index (κ2) is 4.78. The summed E-state index contributed by atoms with van der Waals surface area (Å²) in [5.41, 5.74) is 2.09. The monoisotopic (exact) mass is 286 g/mol. The second-order valence-electron chi connectivity index (χ2n) is 5.42. The van der Waals surface area contributed by atoms with Gasteiger partial charge in [-0.05, 0) is 56.9 Å². The number of hydrogen-bond donors (Lipinski definition) is 2. The highest BCUT2D eigenvalue weighted by Crippen LogP contribution is 2.36. The van der Waals surface area contributed by atoms with Crippen LogP contribution in [0.5, 0.6) is 11.5 Å². The summed E-state index contributed by atoms with van der Waals surface area (Å²) in [6.07, 6.45) is 0. The fourth-order valence-electron chi connectivity index (χ4n) is 2.99. The van der Waals surface area contributed by atoms with E-state index in [2.05, 4.69) is 0 Å². The molecule has 4 rings (SSSR count). The fourth-order valence-corrected chi connectivity index (χ4v) is 2.99. The zero-order valence-corrected chi connectivity index (χ0v) is 11.8. The van der Waals surface area contributed by atoms with Crippen LogP contribution in [0.2, 0.25) is 0 Å². The Bertz CT molecular complexity index is 920. The molecule has 0 saturated heterocycles. The minimum Gasteiger partial charge on any atom is -0.508 e. The van der Waals surface area contributed by atoms with Crippen molar-refractivity contribution in [2.24, 2.45) is 0 Å². The van der Waals surface area contributed by atoms with Crippen molar-refractivity contribution in [3.8, 4) is 22.6 Å². The third-order valence-corrected chi connectivity index (χ3v) is 4.02. The third kappa shape index (κ3) is 1.97. The highest BCUT2D eigenvalue weighted by molar-refractivity contribution is 6.06. The van der Waals surface area contributed by atoms with Gasteiger partial charge < -0.3 is 10.2 Å². The van der Waals surface area contributed by atoms with Crippen LogP contribution < -0.4 is 0 Å². The van der Waals surface area contributed by atoms with Gasteiger partial charge in [-0.15, -0.1) is 0 Å². The molecule has 0 radical (unpaired) electrons. The van der Waals surface area contributed by atoms with E-state index in [1.165, 1.54) is 0 Å². The first-order valence-electron chi connectivity index (χ1n) is 7.16. The smallest absolute Gasteiger partial charge is 0.116 e. The summed E-state index contributed by atoms with van der Waals surface area (Å²) in [6.45, 7) is 0. The third-order valence-electron chi connectivity index (χ3n) is 4.02. The zero-order chi connectivity index (χ0) is 15.1. The van der Waals surface area contributed by atoms with Crippen LogP contribution in [0.1, 0.15) is 0 Å². The highest BCUT2D eigenvalue weighted by atomic mass is 16.3. The molecule has 106 valence electrons. The van der Waals surface area contributed by atoms with Crippen LogP contribution in [0.4, 0.5) is 0 Å². The van der Waals surface area contributed by atoms with E-state index in [1.54, 1.807) is 24.3 Å². The molecular weight excluding hydrogens is 272 g/mol. The average molecular weight is 286 g/mol. The van der Waals surface area contributed by atoms with Crippen molar-refractivity contribution >= 4 is 21.5 Å². The summed E-state index contributed by atoms with van der Waals surface area (Å²) in [5.74, 6) is 0.506. The van der Waals surface area contributed by atoms with Gasteiger partial charge in [-0.25, -0.2) is 0 Å². The van der Waals surface area contributed by atoms with Crippen LogP contribution in [0, 0.1) is 0 Å². The molecule has 0 bridgehead atoms. The molecule has 0 amide bonds. The summed E-state index contributed by atoms with van der Waals surface area (Å²) < 4.78 is 0. The first-order chi connectivity index (χ1) is 10.7. The van der Waals surface area contributed by atoms with Crippen LogP contribution >= 0.6 is 0 Å². The summed E-state index contributed by atoms with van der Waals surface area (Å²) >= 11 is 0. The normalized spacial score (nSPS) is 11.1. The number of phenols is 2. The molecular formula is C20H14O2. The van der Waals surface area contributed by atoms with Gasteiger partial charge in [0.2, 0.25) is 0 Å². The van der Waals surface area contributed by atoms with E-state index in [1.807, 2.05) is 48.5 Å². The molecule has 0 saturated carbocycles. The minimum atomic E-state index is 0.253. The minimum absolute atomic E-state index is 0.253. The molecule has 0 atom stereocenters. The first kappa shape index (κ1) is 12.7. The SMILES string of the molecule is Oc1ccc2cccc(-c3cccc4ccc(O)cc34)c2c1. The van der Waals surface area contributed by atoms with Gasteiger partial charge in [0.05, 0.1) is 0 Å². The van der Waals surface area contributed by atoms with Crippen LogP contribution in [-0.4, -0.2) is 10.2 Å². The molecule has 0 aliphatic heterocycles. The van der Waals surface area contributed by atoms with Gasteiger partial charge in [-0.3, -0.25) is 0 Å². The Labute approximate surface area is 127 Å². The Kier molecular flexibility index (Phi) is 2.76. The van der Waals surface area contributed by atoms with E-state index in [4.69, 9.17) is 0 Å². The lowest BCUT2D eigenvalue weighted by Crippen LogP contribution is -1.84. The molecule has 0 aliphatic rings. The molecule has 0 fully saturated rings. The topological polar surface area (TPSA) is 40.5 Å².